The van der Waals surface area contributed by atoms with Crippen molar-refractivity contribution in [1.82, 2.24) is 10.2 Å². The van der Waals surface area contributed by atoms with Crippen LogP contribution in [-0.2, 0) is 14.4 Å². The first-order valence-electron chi connectivity index (χ1n) is 6.36. The van der Waals surface area contributed by atoms with Crippen molar-refractivity contribution in [3.63, 3.8) is 0 Å². The zero-order chi connectivity index (χ0) is 13.1. The molecule has 1 saturated heterocycles. The largest absolute Gasteiger partial charge is 0.481 e. The molecule has 6 nitrogen and oxygen atoms in total. The number of nitrogens with zero attached hydrogens (tertiary/aromatic N) is 1. The number of nitrogens with one attached hydrogen (secondary N) is 1. The Balaban J connectivity index is 1.75. The summed E-state index contributed by atoms with van der Waals surface area (Å²) in [6, 6.07) is -0.0590. The monoisotopic (exact) mass is 254 g/mol. The third kappa shape index (κ3) is 3.00. The number of hydrogen-bond donors (Lipinski definition) is 2. The van der Waals surface area contributed by atoms with Gasteiger partial charge in [-0.05, 0) is 25.7 Å². The van der Waals surface area contributed by atoms with Gasteiger partial charge in [-0.3, -0.25) is 14.4 Å². The van der Waals surface area contributed by atoms with E-state index < -0.39 is 5.97 Å². The van der Waals surface area contributed by atoms with E-state index in [1.54, 1.807) is 4.90 Å². The number of hydrogen-bond acceptors (Lipinski definition) is 3. The lowest BCUT2D eigenvalue weighted by Gasteiger charge is -2.17. The molecule has 2 N–H and O–H groups in total. The molecule has 1 saturated carbocycles. The second kappa shape index (κ2) is 5.37. The van der Waals surface area contributed by atoms with E-state index in [-0.39, 0.29) is 30.3 Å². The lowest BCUT2D eigenvalue weighted by molar-refractivity contribution is -0.141. The number of carbonyl (C=O) groups excluding carboxylic acids is 2. The van der Waals surface area contributed by atoms with Gasteiger partial charge >= 0.3 is 5.97 Å². The molecule has 18 heavy (non-hydrogen) atoms. The van der Waals surface area contributed by atoms with Crippen LogP contribution >= 0.6 is 0 Å². The summed E-state index contributed by atoms with van der Waals surface area (Å²) in [6.45, 7) is 0.752. The van der Waals surface area contributed by atoms with Gasteiger partial charge in [0, 0.05) is 19.0 Å². The quantitative estimate of drug-likeness (QED) is 0.738. The van der Waals surface area contributed by atoms with Crippen molar-refractivity contribution in [3.8, 4) is 0 Å². The molecular formula is C12H18N2O4. The average molecular weight is 254 g/mol. The Bertz CT molecular complexity index is 369. The SMILES string of the molecule is O=C(CN1CCCC1=O)N[C@H]1CC[C@@H](C(=O)O)C1. The Kier molecular flexibility index (Phi) is 3.84. The molecule has 2 fully saturated rings. The molecule has 0 spiro atoms. The van der Waals surface area contributed by atoms with E-state index in [4.69, 9.17) is 5.11 Å². The van der Waals surface area contributed by atoms with E-state index >= 15 is 0 Å². The van der Waals surface area contributed by atoms with Crippen molar-refractivity contribution < 1.29 is 19.5 Å². The van der Waals surface area contributed by atoms with Gasteiger partial charge in [0.05, 0.1) is 12.5 Å². The summed E-state index contributed by atoms with van der Waals surface area (Å²) in [4.78, 5) is 35.4. The number of carboxylic acid groups (broad SMARTS) is 1. The summed E-state index contributed by atoms with van der Waals surface area (Å²) >= 11 is 0. The van der Waals surface area contributed by atoms with Crippen molar-refractivity contribution in [2.45, 2.75) is 38.1 Å². The first-order valence-corrected chi connectivity index (χ1v) is 6.36. The molecule has 2 aliphatic rings. The number of aliphatic carboxylic acids is 1. The van der Waals surface area contributed by atoms with Gasteiger partial charge in [0.25, 0.3) is 0 Å². The molecule has 1 heterocycles. The highest BCUT2D eigenvalue weighted by Crippen LogP contribution is 2.25. The average Bonchev–Trinajstić information content (AvgIpc) is 2.89. The zero-order valence-electron chi connectivity index (χ0n) is 10.2. The van der Waals surface area contributed by atoms with Crippen molar-refractivity contribution >= 4 is 17.8 Å². The van der Waals surface area contributed by atoms with E-state index in [2.05, 4.69) is 5.32 Å². The predicted molar refractivity (Wildman–Crippen MR) is 62.7 cm³/mol. The lowest BCUT2D eigenvalue weighted by atomic mass is 10.1. The summed E-state index contributed by atoms with van der Waals surface area (Å²) in [7, 11) is 0. The highest BCUT2D eigenvalue weighted by Gasteiger charge is 2.31. The summed E-state index contributed by atoms with van der Waals surface area (Å²) in [5.74, 6) is -1.29. The van der Waals surface area contributed by atoms with E-state index in [1.165, 1.54) is 0 Å². The van der Waals surface area contributed by atoms with Gasteiger partial charge in [-0.2, -0.15) is 0 Å². The molecule has 0 aromatic heterocycles. The summed E-state index contributed by atoms with van der Waals surface area (Å²) < 4.78 is 0. The first-order chi connectivity index (χ1) is 8.56. The molecule has 2 rings (SSSR count). The van der Waals surface area contributed by atoms with E-state index in [0.29, 0.717) is 32.2 Å². The lowest BCUT2D eigenvalue weighted by Crippen LogP contribution is -2.41. The molecule has 0 aromatic carbocycles. The van der Waals surface area contributed by atoms with Crippen LogP contribution in [0.2, 0.25) is 0 Å². The van der Waals surface area contributed by atoms with Crippen molar-refractivity contribution in [2.24, 2.45) is 5.92 Å². The molecule has 0 bridgehead atoms. The van der Waals surface area contributed by atoms with Crippen molar-refractivity contribution in [2.75, 3.05) is 13.1 Å². The molecule has 2 atom stereocenters. The molecule has 0 aromatic rings. The van der Waals surface area contributed by atoms with Gasteiger partial charge in [0.2, 0.25) is 11.8 Å². The summed E-state index contributed by atoms with van der Waals surface area (Å²) in [5.41, 5.74) is 0. The van der Waals surface area contributed by atoms with Gasteiger partial charge in [-0.15, -0.1) is 0 Å². The van der Waals surface area contributed by atoms with Crippen molar-refractivity contribution in [1.29, 1.82) is 0 Å². The molecule has 0 radical (unpaired) electrons. The van der Waals surface area contributed by atoms with Gasteiger partial charge in [0.15, 0.2) is 0 Å². The number of rotatable bonds is 4. The molecule has 2 amide bonds. The fourth-order valence-electron chi connectivity index (χ4n) is 2.65. The molecule has 100 valence electrons. The second-order valence-electron chi connectivity index (χ2n) is 5.03. The van der Waals surface area contributed by atoms with E-state index in [0.717, 1.165) is 6.42 Å². The molecule has 0 unspecified atom stereocenters. The summed E-state index contributed by atoms with van der Waals surface area (Å²) in [6.07, 6.45) is 3.16. The Hall–Kier alpha value is -1.59. The fourth-order valence-corrected chi connectivity index (χ4v) is 2.65. The van der Waals surface area contributed by atoms with Gasteiger partial charge < -0.3 is 15.3 Å². The Morgan fingerprint density at radius 1 is 1.39 bits per heavy atom. The topological polar surface area (TPSA) is 86.7 Å². The molecular weight excluding hydrogens is 236 g/mol. The van der Waals surface area contributed by atoms with Crippen LogP contribution in [0.5, 0.6) is 0 Å². The standard InChI is InChI=1S/C12H18N2O4/c15-10(7-14-5-1-2-11(14)16)13-9-4-3-8(6-9)12(17)18/h8-9H,1-7H2,(H,13,15)(H,17,18)/t8-,9+/m1/s1. The van der Waals surface area contributed by atoms with Crippen LogP contribution in [0, 0.1) is 5.92 Å². The highest BCUT2D eigenvalue weighted by atomic mass is 16.4. The Morgan fingerprint density at radius 2 is 2.17 bits per heavy atom. The number of carbonyl (C=O) groups is 3. The van der Waals surface area contributed by atoms with Crippen LogP contribution in [0.15, 0.2) is 0 Å². The Labute approximate surface area is 105 Å². The van der Waals surface area contributed by atoms with Crippen LogP contribution in [0.3, 0.4) is 0 Å². The van der Waals surface area contributed by atoms with E-state index in [9.17, 15) is 14.4 Å². The second-order valence-corrected chi connectivity index (χ2v) is 5.03. The number of amides is 2. The highest BCUT2D eigenvalue weighted by molar-refractivity contribution is 5.86. The van der Waals surface area contributed by atoms with E-state index in [1.807, 2.05) is 0 Å². The maximum absolute atomic E-state index is 11.7. The minimum atomic E-state index is -0.790. The normalized spacial score (nSPS) is 27.6. The third-order valence-electron chi connectivity index (χ3n) is 3.65. The number of likely N-dealkylation sites (tertiary alicyclic amines) is 1. The first kappa shape index (κ1) is 12.9. The summed E-state index contributed by atoms with van der Waals surface area (Å²) in [5, 5.41) is 11.7. The van der Waals surface area contributed by atoms with Crippen molar-refractivity contribution in [3.05, 3.63) is 0 Å². The van der Waals surface area contributed by atoms with Gasteiger partial charge in [-0.25, -0.2) is 0 Å². The van der Waals surface area contributed by atoms with Crippen LogP contribution in [0.25, 0.3) is 0 Å². The fraction of sp³-hybridized carbons (Fsp3) is 0.750. The predicted octanol–water partition coefficient (Wildman–Crippen LogP) is -0.0217. The maximum Gasteiger partial charge on any atom is 0.306 e. The maximum atomic E-state index is 11.7. The molecule has 6 heteroatoms. The van der Waals surface area contributed by atoms with Crippen LogP contribution in [0.4, 0.5) is 0 Å². The van der Waals surface area contributed by atoms with Crippen LogP contribution in [0.1, 0.15) is 32.1 Å². The number of carboxylic acids is 1. The zero-order valence-corrected chi connectivity index (χ0v) is 10.2. The van der Waals surface area contributed by atoms with Crippen LogP contribution < -0.4 is 5.32 Å². The third-order valence-corrected chi connectivity index (χ3v) is 3.65. The molecule has 1 aliphatic heterocycles. The Morgan fingerprint density at radius 3 is 2.72 bits per heavy atom. The minimum absolute atomic E-state index is 0.0278. The smallest absolute Gasteiger partial charge is 0.306 e. The molecule has 1 aliphatic carbocycles. The minimum Gasteiger partial charge on any atom is -0.481 e. The van der Waals surface area contributed by atoms with Crippen LogP contribution in [-0.4, -0.2) is 46.9 Å². The van der Waals surface area contributed by atoms with Gasteiger partial charge in [-0.1, -0.05) is 0 Å². The van der Waals surface area contributed by atoms with Gasteiger partial charge in [0.1, 0.15) is 0 Å².